The van der Waals surface area contributed by atoms with Crippen molar-refractivity contribution >= 4 is 5.69 Å². The number of ether oxygens (including phenoxy) is 1. The van der Waals surface area contributed by atoms with E-state index in [1.54, 1.807) is 18.3 Å². The van der Waals surface area contributed by atoms with Crippen molar-refractivity contribution in [3.63, 3.8) is 0 Å². The van der Waals surface area contributed by atoms with Crippen molar-refractivity contribution in [3.8, 4) is 5.88 Å². The van der Waals surface area contributed by atoms with Gasteiger partial charge in [-0.1, -0.05) is 6.07 Å². The van der Waals surface area contributed by atoms with Crippen LogP contribution in [0.3, 0.4) is 0 Å². The van der Waals surface area contributed by atoms with Crippen LogP contribution in [0, 0.1) is 11.6 Å². The van der Waals surface area contributed by atoms with Crippen LogP contribution in [0.25, 0.3) is 0 Å². The molecule has 1 unspecified atom stereocenters. The molecule has 5 heteroatoms. The number of methoxy groups -OCH3 is 1. The molecule has 1 aromatic heterocycles. The maximum absolute atomic E-state index is 13.2. The summed E-state index contributed by atoms with van der Waals surface area (Å²) in [5, 5.41) is 3.15. The van der Waals surface area contributed by atoms with E-state index >= 15 is 0 Å². The van der Waals surface area contributed by atoms with Gasteiger partial charge in [0.15, 0.2) is 11.6 Å². The van der Waals surface area contributed by atoms with E-state index in [2.05, 4.69) is 10.3 Å². The molecule has 2 rings (SSSR count). The predicted octanol–water partition coefficient (Wildman–Crippen LogP) is 3.54. The monoisotopic (exact) mass is 264 g/mol. The number of pyridine rings is 1. The average Bonchev–Trinajstić information content (AvgIpc) is 2.42. The summed E-state index contributed by atoms with van der Waals surface area (Å²) in [7, 11) is 1.52. The van der Waals surface area contributed by atoms with Gasteiger partial charge >= 0.3 is 0 Å². The fraction of sp³-hybridized carbons (Fsp3) is 0.214. The van der Waals surface area contributed by atoms with E-state index in [0.29, 0.717) is 17.1 Å². The summed E-state index contributed by atoms with van der Waals surface area (Å²) >= 11 is 0. The highest BCUT2D eigenvalue weighted by Crippen LogP contribution is 2.26. The van der Waals surface area contributed by atoms with Crippen LogP contribution in [0.1, 0.15) is 18.5 Å². The first kappa shape index (κ1) is 13.3. The van der Waals surface area contributed by atoms with Crippen molar-refractivity contribution in [3.05, 3.63) is 53.7 Å². The van der Waals surface area contributed by atoms with Crippen LogP contribution in [0.5, 0.6) is 5.88 Å². The number of anilines is 1. The molecule has 0 aliphatic rings. The van der Waals surface area contributed by atoms with Crippen LogP contribution in [0.4, 0.5) is 14.5 Å². The van der Waals surface area contributed by atoms with Crippen LogP contribution in [-0.4, -0.2) is 12.1 Å². The lowest BCUT2D eigenvalue weighted by Gasteiger charge is -2.17. The fourth-order valence-corrected chi connectivity index (χ4v) is 1.76. The second-order valence-corrected chi connectivity index (χ2v) is 4.10. The lowest BCUT2D eigenvalue weighted by molar-refractivity contribution is 0.399. The van der Waals surface area contributed by atoms with E-state index < -0.39 is 11.6 Å². The topological polar surface area (TPSA) is 34.1 Å². The largest absolute Gasteiger partial charge is 0.480 e. The van der Waals surface area contributed by atoms with Gasteiger partial charge in [0.1, 0.15) is 0 Å². The number of halogens is 2. The minimum atomic E-state index is -0.857. The van der Waals surface area contributed by atoms with Crippen LogP contribution in [-0.2, 0) is 0 Å². The lowest BCUT2D eigenvalue weighted by Crippen LogP contribution is -2.08. The van der Waals surface area contributed by atoms with Crippen molar-refractivity contribution in [1.29, 1.82) is 0 Å². The molecule has 0 aliphatic heterocycles. The second kappa shape index (κ2) is 5.65. The summed E-state index contributed by atoms with van der Waals surface area (Å²) < 4.78 is 31.2. The molecule has 1 heterocycles. The maximum Gasteiger partial charge on any atom is 0.237 e. The molecule has 3 nitrogen and oxygen atoms in total. The highest BCUT2D eigenvalue weighted by atomic mass is 19.2. The first-order valence-electron chi connectivity index (χ1n) is 5.82. The van der Waals surface area contributed by atoms with Crippen LogP contribution < -0.4 is 10.1 Å². The predicted molar refractivity (Wildman–Crippen MR) is 69.2 cm³/mol. The number of aromatic nitrogens is 1. The van der Waals surface area contributed by atoms with E-state index in [1.807, 2.05) is 13.0 Å². The van der Waals surface area contributed by atoms with E-state index in [-0.39, 0.29) is 6.04 Å². The Hall–Kier alpha value is -2.17. The van der Waals surface area contributed by atoms with E-state index in [1.165, 1.54) is 13.2 Å². The Bertz CT molecular complexity index is 575. The third-order valence-electron chi connectivity index (χ3n) is 2.78. The molecule has 0 radical (unpaired) electrons. The standard InChI is InChI=1S/C14H14F2N2O/c1-9(10-5-6-11(15)12(16)8-10)18-13-4-3-7-17-14(13)19-2/h3-9,18H,1-2H3. The van der Waals surface area contributed by atoms with Crippen LogP contribution >= 0.6 is 0 Å². The minimum absolute atomic E-state index is 0.201. The molecule has 0 saturated heterocycles. The quantitative estimate of drug-likeness (QED) is 0.917. The maximum atomic E-state index is 13.2. The van der Waals surface area contributed by atoms with Gasteiger partial charge in [-0.2, -0.15) is 0 Å². The molecule has 1 N–H and O–H groups in total. The molecule has 1 aromatic carbocycles. The molecule has 0 aliphatic carbocycles. The van der Waals surface area contributed by atoms with Crippen LogP contribution in [0.15, 0.2) is 36.5 Å². The first-order valence-corrected chi connectivity index (χ1v) is 5.82. The fourth-order valence-electron chi connectivity index (χ4n) is 1.76. The first-order chi connectivity index (χ1) is 9.11. The van der Waals surface area contributed by atoms with Gasteiger partial charge in [0.2, 0.25) is 5.88 Å². The number of benzene rings is 1. The normalized spacial score (nSPS) is 12.0. The number of hydrogen-bond acceptors (Lipinski definition) is 3. The van der Waals surface area contributed by atoms with Gasteiger partial charge in [-0.15, -0.1) is 0 Å². The summed E-state index contributed by atoms with van der Waals surface area (Å²) in [6.07, 6.45) is 1.62. The van der Waals surface area contributed by atoms with Crippen molar-refractivity contribution in [2.24, 2.45) is 0 Å². The van der Waals surface area contributed by atoms with E-state index in [9.17, 15) is 8.78 Å². The Morgan fingerprint density at radius 3 is 2.68 bits per heavy atom. The number of rotatable bonds is 4. The summed E-state index contributed by atoms with van der Waals surface area (Å²) in [4.78, 5) is 4.06. The smallest absolute Gasteiger partial charge is 0.237 e. The molecule has 0 bridgehead atoms. The Morgan fingerprint density at radius 2 is 2.00 bits per heavy atom. The molecular weight excluding hydrogens is 250 g/mol. The molecule has 1 atom stereocenters. The Labute approximate surface area is 110 Å². The van der Waals surface area contributed by atoms with Crippen molar-refractivity contribution in [2.45, 2.75) is 13.0 Å². The van der Waals surface area contributed by atoms with Gasteiger partial charge in [-0.25, -0.2) is 13.8 Å². The van der Waals surface area contributed by atoms with Crippen LogP contribution in [0.2, 0.25) is 0 Å². The van der Waals surface area contributed by atoms with Crippen molar-refractivity contribution in [1.82, 2.24) is 4.98 Å². The molecule has 0 saturated carbocycles. The van der Waals surface area contributed by atoms with Gasteiger partial charge in [0.25, 0.3) is 0 Å². The number of nitrogens with zero attached hydrogens (tertiary/aromatic N) is 1. The second-order valence-electron chi connectivity index (χ2n) is 4.10. The summed E-state index contributed by atoms with van der Waals surface area (Å²) in [6.45, 7) is 1.85. The third kappa shape index (κ3) is 2.99. The zero-order valence-electron chi connectivity index (χ0n) is 10.7. The molecule has 19 heavy (non-hydrogen) atoms. The highest BCUT2D eigenvalue weighted by molar-refractivity contribution is 5.53. The number of hydrogen-bond donors (Lipinski definition) is 1. The Balaban J connectivity index is 2.20. The summed E-state index contributed by atoms with van der Waals surface area (Å²) in [6, 6.07) is 7.21. The zero-order valence-corrected chi connectivity index (χ0v) is 10.7. The average molecular weight is 264 g/mol. The molecule has 100 valence electrons. The van der Waals surface area contributed by atoms with E-state index in [4.69, 9.17) is 4.74 Å². The summed E-state index contributed by atoms with van der Waals surface area (Å²) in [5.41, 5.74) is 1.34. The Morgan fingerprint density at radius 1 is 1.21 bits per heavy atom. The molecule has 0 fully saturated rings. The van der Waals surface area contributed by atoms with Crippen molar-refractivity contribution < 1.29 is 13.5 Å². The lowest BCUT2D eigenvalue weighted by atomic mass is 10.1. The molecular formula is C14H14F2N2O. The zero-order chi connectivity index (χ0) is 13.8. The van der Waals surface area contributed by atoms with Gasteiger partial charge in [0.05, 0.1) is 12.8 Å². The summed E-state index contributed by atoms with van der Waals surface area (Å²) in [5.74, 6) is -1.25. The number of nitrogens with one attached hydrogen (secondary N) is 1. The van der Waals surface area contributed by atoms with Gasteiger partial charge in [-0.3, -0.25) is 0 Å². The Kier molecular flexibility index (Phi) is 3.94. The molecule has 0 amide bonds. The third-order valence-corrected chi connectivity index (χ3v) is 2.78. The van der Waals surface area contributed by atoms with Crippen molar-refractivity contribution in [2.75, 3.05) is 12.4 Å². The van der Waals surface area contributed by atoms with Gasteiger partial charge in [-0.05, 0) is 36.8 Å². The minimum Gasteiger partial charge on any atom is -0.480 e. The molecule has 2 aromatic rings. The SMILES string of the molecule is COc1ncccc1NC(C)c1ccc(F)c(F)c1. The van der Waals surface area contributed by atoms with Gasteiger partial charge in [0, 0.05) is 12.2 Å². The highest BCUT2D eigenvalue weighted by Gasteiger charge is 2.11. The molecule has 0 spiro atoms. The van der Waals surface area contributed by atoms with Gasteiger partial charge < -0.3 is 10.1 Å². The van der Waals surface area contributed by atoms with E-state index in [0.717, 1.165) is 6.07 Å².